The number of rotatable bonds is 8. The van der Waals surface area contributed by atoms with Gasteiger partial charge in [-0.05, 0) is 36.1 Å². The lowest BCUT2D eigenvalue weighted by molar-refractivity contribution is 0.148. The number of ether oxygens (including phenoxy) is 2. The van der Waals surface area contributed by atoms with Crippen LogP contribution in [0.1, 0.15) is 20.3 Å². The molecular weight excluding hydrogens is 280 g/mol. The second-order valence-electron chi connectivity index (χ2n) is 5.40. The number of hydrogen-bond donors (Lipinski definition) is 0. The Labute approximate surface area is 121 Å². The number of methoxy groups -OCH3 is 1. The first kappa shape index (κ1) is 16.8. The van der Waals surface area contributed by atoms with Crippen molar-refractivity contribution >= 4 is 10.1 Å². The first-order valence-corrected chi connectivity index (χ1v) is 8.15. The van der Waals surface area contributed by atoms with Crippen LogP contribution in [-0.2, 0) is 14.3 Å². The molecule has 0 saturated heterocycles. The van der Waals surface area contributed by atoms with Crippen LogP contribution in [-0.4, -0.2) is 35.0 Å². The van der Waals surface area contributed by atoms with Crippen molar-refractivity contribution in [3.8, 4) is 11.5 Å². The minimum absolute atomic E-state index is 0.151. The van der Waals surface area contributed by atoms with E-state index in [0.29, 0.717) is 13.0 Å². The summed E-state index contributed by atoms with van der Waals surface area (Å²) in [5.41, 5.74) is -0.268. The van der Waals surface area contributed by atoms with Crippen LogP contribution in [0.3, 0.4) is 0 Å². The molecule has 0 aliphatic rings. The van der Waals surface area contributed by atoms with Crippen LogP contribution in [0.25, 0.3) is 0 Å². The summed E-state index contributed by atoms with van der Waals surface area (Å²) >= 11 is 0. The van der Waals surface area contributed by atoms with E-state index in [1.807, 2.05) is 38.1 Å². The number of benzene rings is 1. The normalized spacial score (nSPS) is 12.2. The van der Waals surface area contributed by atoms with Crippen LogP contribution < -0.4 is 9.47 Å². The van der Waals surface area contributed by atoms with E-state index in [1.165, 1.54) is 0 Å². The maximum Gasteiger partial charge on any atom is 0.264 e. The molecule has 0 bridgehead atoms. The second kappa shape index (κ2) is 6.95. The summed E-state index contributed by atoms with van der Waals surface area (Å²) in [6.45, 7) is 4.52. The van der Waals surface area contributed by atoms with Gasteiger partial charge in [0.15, 0.2) is 0 Å². The van der Waals surface area contributed by atoms with Gasteiger partial charge in [-0.2, -0.15) is 8.42 Å². The maximum absolute atomic E-state index is 11.0. The van der Waals surface area contributed by atoms with Gasteiger partial charge in [-0.3, -0.25) is 4.18 Å². The zero-order valence-corrected chi connectivity index (χ0v) is 13.2. The molecule has 0 fully saturated rings. The molecule has 0 aromatic heterocycles. The second-order valence-corrected chi connectivity index (χ2v) is 7.05. The molecule has 1 aromatic carbocycles. The third-order valence-corrected chi connectivity index (χ3v) is 3.32. The summed E-state index contributed by atoms with van der Waals surface area (Å²) < 4.78 is 37.4. The van der Waals surface area contributed by atoms with E-state index in [2.05, 4.69) is 0 Å². The first-order valence-electron chi connectivity index (χ1n) is 6.33. The fraction of sp³-hybridized carbons (Fsp3) is 0.571. The minimum atomic E-state index is -3.40. The minimum Gasteiger partial charge on any atom is -0.497 e. The monoisotopic (exact) mass is 302 g/mol. The van der Waals surface area contributed by atoms with Gasteiger partial charge in [-0.25, -0.2) is 0 Å². The van der Waals surface area contributed by atoms with Gasteiger partial charge in [0.1, 0.15) is 11.5 Å². The molecule has 114 valence electrons. The van der Waals surface area contributed by atoms with Crippen LogP contribution in [0.4, 0.5) is 0 Å². The Kier molecular flexibility index (Phi) is 5.83. The average molecular weight is 302 g/mol. The van der Waals surface area contributed by atoms with Crippen LogP contribution >= 0.6 is 0 Å². The molecule has 0 atom stereocenters. The molecule has 0 heterocycles. The fourth-order valence-electron chi connectivity index (χ4n) is 1.46. The summed E-state index contributed by atoms with van der Waals surface area (Å²) in [5, 5.41) is 0. The lowest BCUT2D eigenvalue weighted by Gasteiger charge is -2.23. The highest BCUT2D eigenvalue weighted by atomic mass is 32.2. The van der Waals surface area contributed by atoms with Crippen molar-refractivity contribution in [1.82, 2.24) is 0 Å². The molecule has 0 amide bonds. The average Bonchev–Trinajstić information content (AvgIpc) is 2.37. The molecule has 0 spiro atoms. The zero-order valence-electron chi connectivity index (χ0n) is 12.4. The Balaban J connectivity index is 2.38. The summed E-state index contributed by atoms with van der Waals surface area (Å²) in [6, 6.07) is 7.32. The van der Waals surface area contributed by atoms with Crippen LogP contribution in [0.15, 0.2) is 24.3 Å². The third-order valence-electron chi connectivity index (χ3n) is 2.77. The Bertz CT molecular complexity index is 505. The van der Waals surface area contributed by atoms with Gasteiger partial charge in [0.2, 0.25) is 0 Å². The van der Waals surface area contributed by atoms with Crippen molar-refractivity contribution in [2.45, 2.75) is 20.3 Å². The highest BCUT2D eigenvalue weighted by Crippen LogP contribution is 2.23. The fourth-order valence-corrected chi connectivity index (χ4v) is 1.99. The van der Waals surface area contributed by atoms with E-state index in [0.717, 1.165) is 17.8 Å². The predicted octanol–water partition coefficient (Wildman–Crippen LogP) is 2.47. The standard InChI is InChI=1S/C14H22O5S/c1-14(2,11-19-20(4,15)16)9-10-18-13-7-5-12(17-3)6-8-13/h5-8H,9-11H2,1-4H3. The van der Waals surface area contributed by atoms with E-state index >= 15 is 0 Å². The molecule has 0 radical (unpaired) electrons. The zero-order chi connectivity index (χ0) is 15.2. The van der Waals surface area contributed by atoms with Crippen molar-refractivity contribution < 1.29 is 22.1 Å². The third kappa shape index (κ3) is 6.77. The van der Waals surface area contributed by atoms with Crippen LogP contribution in [0.2, 0.25) is 0 Å². The maximum atomic E-state index is 11.0. The van der Waals surface area contributed by atoms with Crippen molar-refractivity contribution in [3.63, 3.8) is 0 Å². The molecule has 0 unspecified atom stereocenters. The molecule has 5 nitrogen and oxygen atoms in total. The van der Waals surface area contributed by atoms with E-state index in [-0.39, 0.29) is 12.0 Å². The highest BCUT2D eigenvalue weighted by molar-refractivity contribution is 7.85. The molecule has 0 aliphatic carbocycles. The molecule has 6 heteroatoms. The molecule has 20 heavy (non-hydrogen) atoms. The van der Waals surface area contributed by atoms with E-state index in [4.69, 9.17) is 13.7 Å². The van der Waals surface area contributed by atoms with Crippen molar-refractivity contribution in [1.29, 1.82) is 0 Å². The summed E-state index contributed by atoms with van der Waals surface area (Å²) in [6.07, 6.45) is 1.74. The Hall–Kier alpha value is -1.27. The van der Waals surface area contributed by atoms with Gasteiger partial charge in [-0.1, -0.05) is 13.8 Å². The van der Waals surface area contributed by atoms with Gasteiger partial charge in [0.05, 0.1) is 26.6 Å². The molecular formula is C14H22O5S. The predicted molar refractivity (Wildman–Crippen MR) is 77.7 cm³/mol. The molecule has 1 aromatic rings. The van der Waals surface area contributed by atoms with Gasteiger partial charge < -0.3 is 9.47 Å². The topological polar surface area (TPSA) is 61.8 Å². The molecule has 0 aliphatic heterocycles. The quantitative estimate of drug-likeness (QED) is 0.690. The lowest BCUT2D eigenvalue weighted by atomic mass is 9.91. The molecule has 1 rings (SSSR count). The Morgan fingerprint density at radius 2 is 1.65 bits per heavy atom. The van der Waals surface area contributed by atoms with Gasteiger partial charge in [-0.15, -0.1) is 0 Å². The van der Waals surface area contributed by atoms with E-state index < -0.39 is 10.1 Å². The van der Waals surface area contributed by atoms with E-state index in [1.54, 1.807) is 7.11 Å². The lowest BCUT2D eigenvalue weighted by Crippen LogP contribution is -2.24. The first-order chi connectivity index (χ1) is 9.22. The van der Waals surface area contributed by atoms with Crippen LogP contribution in [0.5, 0.6) is 11.5 Å². The summed E-state index contributed by atoms with van der Waals surface area (Å²) in [4.78, 5) is 0. The van der Waals surface area contributed by atoms with Gasteiger partial charge in [0, 0.05) is 0 Å². The van der Waals surface area contributed by atoms with Crippen LogP contribution in [0, 0.1) is 5.41 Å². The van der Waals surface area contributed by atoms with Crippen molar-refractivity contribution in [3.05, 3.63) is 24.3 Å². The number of hydrogen-bond acceptors (Lipinski definition) is 5. The van der Waals surface area contributed by atoms with Gasteiger partial charge in [0.25, 0.3) is 10.1 Å². The van der Waals surface area contributed by atoms with Gasteiger partial charge >= 0.3 is 0 Å². The van der Waals surface area contributed by atoms with Crippen molar-refractivity contribution in [2.24, 2.45) is 5.41 Å². The smallest absolute Gasteiger partial charge is 0.264 e. The summed E-state index contributed by atoms with van der Waals surface area (Å²) in [7, 11) is -1.79. The SMILES string of the molecule is COc1ccc(OCCC(C)(C)COS(C)(=O)=O)cc1. The summed E-state index contributed by atoms with van der Waals surface area (Å²) in [5.74, 6) is 1.53. The highest BCUT2D eigenvalue weighted by Gasteiger charge is 2.20. The van der Waals surface area contributed by atoms with Crippen molar-refractivity contribution in [2.75, 3.05) is 26.6 Å². The largest absolute Gasteiger partial charge is 0.497 e. The van der Waals surface area contributed by atoms with E-state index in [9.17, 15) is 8.42 Å². The molecule has 0 N–H and O–H groups in total. The Morgan fingerprint density at radius 1 is 1.10 bits per heavy atom. The molecule has 0 saturated carbocycles. The Morgan fingerprint density at radius 3 is 2.15 bits per heavy atom.